The molecule has 0 aliphatic heterocycles. The third kappa shape index (κ3) is 4.25. The van der Waals surface area contributed by atoms with Gasteiger partial charge in [0.05, 0.1) is 0 Å². The summed E-state index contributed by atoms with van der Waals surface area (Å²) in [5.74, 6) is -0.770. The van der Waals surface area contributed by atoms with E-state index in [1.807, 2.05) is 0 Å². The summed E-state index contributed by atoms with van der Waals surface area (Å²) in [6, 6.07) is 0. The molecule has 0 spiro atoms. The Morgan fingerprint density at radius 3 is 2.70 bits per heavy atom. The molecule has 10 heavy (non-hydrogen) atoms. The van der Waals surface area contributed by atoms with Gasteiger partial charge in [-0.1, -0.05) is 0 Å². The standard InChI is InChI=1S/C5H10O5/c1-4(7)5(8)10-3-9-2-6/h4,6-7H,2-3H2,1H3. The maximum Gasteiger partial charge on any atom is 0.336 e. The first-order chi connectivity index (χ1) is 4.68. The Labute approximate surface area is 58.2 Å². The third-order valence-corrected chi connectivity index (χ3v) is 0.717. The monoisotopic (exact) mass is 150 g/mol. The van der Waals surface area contributed by atoms with Gasteiger partial charge in [0.15, 0.2) is 6.79 Å². The minimum atomic E-state index is -1.15. The lowest BCUT2D eigenvalue weighted by molar-refractivity contribution is -0.171. The quantitative estimate of drug-likeness (QED) is 0.300. The molecule has 0 fully saturated rings. The van der Waals surface area contributed by atoms with E-state index in [0.29, 0.717) is 0 Å². The van der Waals surface area contributed by atoms with E-state index in [1.54, 1.807) is 0 Å². The summed E-state index contributed by atoms with van der Waals surface area (Å²) >= 11 is 0. The van der Waals surface area contributed by atoms with Crippen LogP contribution in [0.2, 0.25) is 0 Å². The van der Waals surface area contributed by atoms with Gasteiger partial charge in [-0.05, 0) is 6.92 Å². The van der Waals surface area contributed by atoms with Crippen molar-refractivity contribution in [1.29, 1.82) is 0 Å². The molecule has 0 aromatic heterocycles. The van der Waals surface area contributed by atoms with Gasteiger partial charge in [-0.2, -0.15) is 0 Å². The molecule has 0 saturated heterocycles. The highest BCUT2D eigenvalue weighted by atomic mass is 16.7. The average Bonchev–Trinajstić information content (AvgIpc) is 1.88. The number of carbonyl (C=O) groups is 1. The molecule has 0 saturated carbocycles. The molecule has 2 N–H and O–H groups in total. The predicted molar refractivity (Wildman–Crippen MR) is 30.8 cm³/mol. The second kappa shape index (κ2) is 5.16. The zero-order valence-corrected chi connectivity index (χ0v) is 5.61. The van der Waals surface area contributed by atoms with E-state index in [-0.39, 0.29) is 6.79 Å². The summed E-state index contributed by atoms with van der Waals surface area (Å²) in [6.45, 7) is 0.439. The minimum absolute atomic E-state index is 0.333. The third-order valence-electron chi connectivity index (χ3n) is 0.717. The van der Waals surface area contributed by atoms with Crippen LogP contribution in [0.1, 0.15) is 6.92 Å². The van der Waals surface area contributed by atoms with Gasteiger partial charge in [0.2, 0.25) is 0 Å². The second-order valence-electron chi connectivity index (χ2n) is 1.59. The van der Waals surface area contributed by atoms with Crippen molar-refractivity contribution in [3.8, 4) is 0 Å². The number of esters is 1. The molecule has 1 unspecified atom stereocenters. The van der Waals surface area contributed by atoms with Crippen molar-refractivity contribution in [3.63, 3.8) is 0 Å². The Balaban J connectivity index is 3.22. The van der Waals surface area contributed by atoms with Crippen molar-refractivity contribution in [2.75, 3.05) is 13.6 Å². The van der Waals surface area contributed by atoms with Crippen molar-refractivity contribution in [2.45, 2.75) is 13.0 Å². The van der Waals surface area contributed by atoms with Gasteiger partial charge in [-0.3, -0.25) is 0 Å². The summed E-state index contributed by atoms with van der Waals surface area (Å²) in [7, 11) is 0. The topological polar surface area (TPSA) is 76.0 Å². The molecule has 60 valence electrons. The minimum Gasteiger partial charge on any atom is -0.436 e. The first kappa shape index (κ1) is 9.35. The fraction of sp³-hybridized carbons (Fsp3) is 0.800. The van der Waals surface area contributed by atoms with Crippen molar-refractivity contribution < 1.29 is 24.5 Å². The number of aliphatic hydroxyl groups excluding tert-OH is 2. The summed E-state index contributed by atoms with van der Waals surface area (Å²) in [5, 5.41) is 16.6. The number of hydrogen-bond donors (Lipinski definition) is 2. The smallest absolute Gasteiger partial charge is 0.336 e. The molecule has 0 aliphatic rings. The van der Waals surface area contributed by atoms with Gasteiger partial charge in [0.25, 0.3) is 0 Å². The second-order valence-corrected chi connectivity index (χ2v) is 1.59. The van der Waals surface area contributed by atoms with E-state index >= 15 is 0 Å². The van der Waals surface area contributed by atoms with Crippen molar-refractivity contribution in [3.05, 3.63) is 0 Å². The average molecular weight is 150 g/mol. The van der Waals surface area contributed by atoms with Crippen LogP contribution in [0.5, 0.6) is 0 Å². The molecule has 0 rings (SSSR count). The van der Waals surface area contributed by atoms with Gasteiger partial charge in [-0.25, -0.2) is 4.79 Å². The normalized spacial score (nSPS) is 12.7. The maximum absolute atomic E-state index is 10.4. The van der Waals surface area contributed by atoms with Crippen LogP contribution in [0.3, 0.4) is 0 Å². The van der Waals surface area contributed by atoms with E-state index in [9.17, 15) is 4.79 Å². The summed E-state index contributed by atoms with van der Waals surface area (Å²) in [4.78, 5) is 10.4. The Morgan fingerprint density at radius 1 is 1.70 bits per heavy atom. The summed E-state index contributed by atoms with van der Waals surface area (Å²) < 4.78 is 8.53. The molecular weight excluding hydrogens is 140 g/mol. The summed E-state index contributed by atoms with van der Waals surface area (Å²) in [5.41, 5.74) is 0. The van der Waals surface area contributed by atoms with Gasteiger partial charge in [0, 0.05) is 0 Å². The zero-order valence-electron chi connectivity index (χ0n) is 5.61. The predicted octanol–water partition coefficient (Wildman–Crippen LogP) is -1.17. The van der Waals surface area contributed by atoms with Crippen LogP contribution >= 0.6 is 0 Å². The maximum atomic E-state index is 10.4. The van der Waals surface area contributed by atoms with Gasteiger partial charge < -0.3 is 19.7 Å². The molecule has 0 bridgehead atoms. The van der Waals surface area contributed by atoms with E-state index in [4.69, 9.17) is 10.2 Å². The lowest BCUT2D eigenvalue weighted by Crippen LogP contribution is -2.20. The lowest BCUT2D eigenvalue weighted by atomic mass is 10.4. The number of carbonyl (C=O) groups excluding carboxylic acids is 1. The zero-order chi connectivity index (χ0) is 7.98. The van der Waals surface area contributed by atoms with E-state index in [0.717, 1.165) is 0 Å². The van der Waals surface area contributed by atoms with Crippen LogP contribution in [0, 0.1) is 0 Å². The fourth-order valence-electron chi connectivity index (χ4n) is 0.258. The molecular formula is C5H10O5. The van der Waals surface area contributed by atoms with Crippen LogP contribution in [-0.2, 0) is 14.3 Å². The highest BCUT2D eigenvalue weighted by molar-refractivity contribution is 5.73. The van der Waals surface area contributed by atoms with Crippen LogP contribution in [0.4, 0.5) is 0 Å². The lowest BCUT2D eigenvalue weighted by Gasteiger charge is -2.04. The van der Waals surface area contributed by atoms with E-state index < -0.39 is 18.9 Å². The molecule has 0 aromatic carbocycles. The molecule has 5 heteroatoms. The molecule has 0 amide bonds. The number of aliphatic hydroxyl groups is 2. The molecule has 1 atom stereocenters. The SMILES string of the molecule is CC(O)C(=O)OCOCO. The molecule has 0 radical (unpaired) electrons. The van der Waals surface area contributed by atoms with E-state index in [1.165, 1.54) is 6.92 Å². The highest BCUT2D eigenvalue weighted by Crippen LogP contribution is 1.86. The molecule has 0 aliphatic carbocycles. The van der Waals surface area contributed by atoms with Crippen molar-refractivity contribution >= 4 is 5.97 Å². The Hall–Kier alpha value is -0.650. The van der Waals surface area contributed by atoms with Crippen molar-refractivity contribution in [1.82, 2.24) is 0 Å². The van der Waals surface area contributed by atoms with Gasteiger partial charge in [0.1, 0.15) is 12.9 Å². The van der Waals surface area contributed by atoms with Crippen molar-refractivity contribution in [2.24, 2.45) is 0 Å². The Morgan fingerprint density at radius 2 is 2.30 bits per heavy atom. The number of ether oxygens (including phenoxy) is 2. The van der Waals surface area contributed by atoms with Gasteiger partial charge in [-0.15, -0.1) is 0 Å². The first-order valence-electron chi connectivity index (χ1n) is 2.71. The largest absolute Gasteiger partial charge is 0.436 e. The number of hydrogen-bond acceptors (Lipinski definition) is 5. The summed E-state index contributed by atoms with van der Waals surface area (Å²) in [6.07, 6.45) is -1.15. The molecule has 0 aromatic rings. The fourth-order valence-corrected chi connectivity index (χ4v) is 0.258. The first-order valence-corrected chi connectivity index (χ1v) is 2.71. The van der Waals surface area contributed by atoms with Crippen LogP contribution in [0.25, 0.3) is 0 Å². The number of rotatable bonds is 4. The van der Waals surface area contributed by atoms with E-state index in [2.05, 4.69) is 9.47 Å². The van der Waals surface area contributed by atoms with Crippen LogP contribution in [-0.4, -0.2) is 35.9 Å². The Kier molecular flexibility index (Phi) is 4.82. The Bertz CT molecular complexity index is 100. The molecule has 5 nitrogen and oxygen atoms in total. The molecule has 0 heterocycles. The van der Waals surface area contributed by atoms with Gasteiger partial charge >= 0.3 is 5.97 Å². The van der Waals surface area contributed by atoms with Crippen LogP contribution < -0.4 is 0 Å². The van der Waals surface area contributed by atoms with Crippen LogP contribution in [0.15, 0.2) is 0 Å². The highest BCUT2D eigenvalue weighted by Gasteiger charge is 2.08.